The van der Waals surface area contributed by atoms with Crippen molar-refractivity contribution in [3.63, 3.8) is 0 Å². The zero-order valence-electron chi connectivity index (χ0n) is 12.1. The molecule has 0 aliphatic rings. The van der Waals surface area contributed by atoms with E-state index in [0.717, 1.165) is 13.8 Å². The summed E-state index contributed by atoms with van der Waals surface area (Å²) in [6.45, 7) is 1.92. The van der Waals surface area contributed by atoms with Gasteiger partial charge in [0.1, 0.15) is 0 Å². The number of hydrogen-bond donors (Lipinski definition) is 2. The Morgan fingerprint density at radius 1 is 0.833 bits per heavy atom. The number of rotatable bonds is 7. The summed E-state index contributed by atoms with van der Waals surface area (Å²) in [5, 5.41) is 16.9. The molecule has 0 fully saturated rings. The number of nitrogens with zero attached hydrogens (tertiary/aromatic N) is 2. The average molecular weight is 412 g/mol. The van der Waals surface area contributed by atoms with Gasteiger partial charge in [-0.3, -0.25) is 10.4 Å². The molecule has 0 aliphatic heterocycles. The zero-order valence-corrected chi connectivity index (χ0v) is 13.8. The Morgan fingerprint density at radius 3 is 1.33 bits per heavy atom. The second-order valence-corrected chi connectivity index (χ2v) is 8.26. The third-order valence-electron chi connectivity index (χ3n) is 2.95. The maximum atomic E-state index is 12.7. The highest BCUT2D eigenvalue weighted by molar-refractivity contribution is 8.04. The van der Waals surface area contributed by atoms with E-state index in [-0.39, 0.29) is 6.42 Å². The van der Waals surface area contributed by atoms with Crippen molar-refractivity contribution in [3.05, 3.63) is 0 Å². The van der Waals surface area contributed by atoms with Crippen LogP contribution in [0, 0.1) is 0 Å². The molecule has 0 aromatic heterocycles. The largest absolute Gasteiger partial charge is 0.512 e. The summed E-state index contributed by atoms with van der Waals surface area (Å²) >= 11 is 0. The van der Waals surface area contributed by atoms with E-state index >= 15 is 0 Å². The monoisotopic (exact) mass is 412 g/mol. The molecule has 0 saturated heterocycles. The molecule has 1 atom stereocenters. The third-order valence-corrected chi connectivity index (χ3v) is 6.85. The summed E-state index contributed by atoms with van der Waals surface area (Å²) in [7, 11) is -14.3. The molecule has 0 aromatic rings. The molecule has 1 unspecified atom stereocenters. The van der Waals surface area contributed by atoms with Crippen LogP contribution >= 0.6 is 0 Å². The number of hydroxylamine groups is 2. The molecule has 0 aliphatic carbocycles. The first kappa shape index (κ1) is 23.3. The van der Waals surface area contributed by atoms with Gasteiger partial charge in [-0.15, -0.1) is 0 Å². The van der Waals surface area contributed by atoms with Crippen molar-refractivity contribution in [2.24, 2.45) is 0 Å². The SMILES string of the molecule is CCCC(CC)(N(O)O)N(S(=O)(=O)C(F)(F)F)S(=O)(=O)C(F)(F)F. The Morgan fingerprint density at radius 2 is 1.17 bits per heavy atom. The maximum absolute atomic E-state index is 12.7. The van der Waals surface area contributed by atoms with Gasteiger partial charge in [-0.05, 0) is 18.1 Å². The quantitative estimate of drug-likeness (QED) is 0.373. The van der Waals surface area contributed by atoms with Crippen molar-refractivity contribution in [1.82, 2.24) is 8.94 Å². The van der Waals surface area contributed by atoms with Gasteiger partial charge < -0.3 is 0 Å². The van der Waals surface area contributed by atoms with Gasteiger partial charge in [-0.25, -0.2) is 16.8 Å². The first-order valence-electron chi connectivity index (χ1n) is 6.04. The second kappa shape index (κ2) is 6.91. The first-order chi connectivity index (χ1) is 10.4. The summed E-state index contributed by atoms with van der Waals surface area (Å²) in [5.41, 5.74) is -16.3. The van der Waals surface area contributed by atoms with Crippen molar-refractivity contribution in [3.8, 4) is 0 Å². The van der Waals surface area contributed by atoms with Crippen molar-refractivity contribution in [2.75, 3.05) is 0 Å². The Hall–Kier alpha value is -0.680. The molecule has 0 bridgehead atoms. The molecule has 2 N–H and O–H groups in total. The van der Waals surface area contributed by atoms with Gasteiger partial charge >= 0.3 is 31.1 Å². The fraction of sp³-hybridized carbons (Fsp3) is 1.00. The summed E-state index contributed by atoms with van der Waals surface area (Å²) in [6, 6.07) is 0. The lowest BCUT2D eigenvalue weighted by molar-refractivity contribution is -0.380. The number of halogens is 6. The second-order valence-electron chi connectivity index (χ2n) is 4.47. The summed E-state index contributed by atoms with van der Waals surface area (Å²) < 4.78 is 120. The van der Waals surface area contributed by atoms with Crippen LogP contribution in [0.1, 0.15) is 33.1 Å². The highest BCUT2D eigenvalue weighted by Crippen LogP contribution is 2.43. The van der Waals surface area contributed by atoms with E-state index in [0.29, 0.717) is 0 Å². The molecule has 146 valence electrons. The van der Waals surface area contributed by atoms with Crippen LogP contribution in [0.25, 0.3) is 0 Å². The van der Waals surface area contributed by atoms with Crippen LogP contribution in [0.15, 0.2) is 0 Å². The van der Waals surface area contributed by atoms with Gasteiger partial charge in [-0.1, -0.05) is 24.0 Å². The Labute approximate surface area is 133 Å². The third kappa shape index (κ3) is 3.77. The van der Waals surface area contributed by atoms with Gasteiger partial charge in [0, 0.05) is 0 Å². The molecule has 0 amide bonds. The lowest BCUT2D eigenvalue weighted by atomic mass is 10.0. The minimum atomic E-state index is -7.15. The molecule has 0 radical (unpaired) electrons. The van der Waals surface area contributed by atoms with Gasteiger partial charge in [0.2, 0.25) is 0 Å². The van der Waals surface area contributed by atoms with E-state index in [1.807, 2.05) is 0 Å². The zero-order chi connectivity index (χ0) is 19.8. The Bertz CT molecular complexity index is 599. The van der Waals surface area contributed by atoms with E-state index in [2.05, 4.69) is 0 Å². The van der Waals surface area contributed by atoms with E-state index in [4.69, 9.17) is 10.4 Å². The minimum absolute atomic E-state index is 0.386. The summed E-state index contributed by atoms with van der Waals surface area (Å²) in [5.74, 6) is 0. The molecular formula is C8H14F6N2O6S2. The van der Waals surface area contributed by atoms with E-state index in [1.54, 1.807) is 0 Å². The van der Waals surface area contributed by atoms with Crippen LogP contribution in [0.5, 0.6) is 0 Å². The van der Waals surface area contributed by atoms with E-state index in [1.165, 1.54) is 0 Å². The molecular weight excluding hydrogens is 398 g/mol. The summed E-state index contributed by atoms with van der Waals surface area (Å²) in [6.07, 6.45) is -2.58. The van der Waals surface area contributed by atoms with Gasteiger partial charge in [0.15, 0.2) is 5.66 Å². The molecule has 0 spiro atoms. The van der Waals surface area contributed by atoms with Crippen LogP contribution in [0.3, 0.4) is 0 Å². The van der Waals surface area contributed by atoms with Crippen molar-refractivity contribution in [1.29, 1.82) is 0 Å². The average Bonchev–Trinajstić information content (AvgIpc) is 2.34. The summed E-state index contributed by atoms with van der Waals surface area (Å²) in [4.78, 5) is 0. The lowest BCUT2D eigenvalue weighted by Crippen LogP contribution is -2.66. The standard InChI is InChI=1S/C8H14F6N2O6S2/c1-3-5-6(4-2,15(17)18)16(23(19,20)7(9,10)11)24(21,22)8(12,13)14/h17-18H,3-5H2,1-2H3. The molecule has 16 heteroatoms. The van der Waals surface area contributed by atoms with E-state index < -0.39 is 58.5 Å². The first-order valence-corrected chi connectivity index (χ1v) is 8.92. The minimum Gasteiger partial charge on any atom is -0.288 e. The fourth-order valence-electron chi connectivity index (χ4n) is 1.88. The highest BCUT2D eigenvalue weighted by atomic mass is 32.3. The Kier molecular flexibility index (Phi) is 6.71. The molecule has 8 nitrogen and oxygen atoms in total. The van der Waals surface area contributed by atoms with Gasteiger partial charge in [0.05, 0.1) is 0 Å². The van der Waals surface area contributed by atoms with Gasteiger partial charge in [0.25, 0.3) is 0 Å². The van der Waals surface area contributed by atoms with Crippen molar-refractivity contribution in [2.45, 2.75) is 49.8 Å². The molecule has 0 aromatic carbocycles. The van der Waals surface area contributed by atoms with Crippen molar-refractivity contribution < 1.29 is 53.6 Å². The fourth-order valence-corrected chi connectivity index (χ4v) is 5.27. The van der Waals surface area contributed by atoms with Crippen LogP contribution in [-0.2, 0) is 20.0 Å². The number of hydrogen-bond acceptors (Lipinski definition) is 7. The molecule has 0 heterocycles. The number of sulfonamides is 2. The Balaban J connectivity index is 7.04. The lowest BCUT2D eigenvalue weighted by Gasteiger charge is -2.42. The van der Waals surface area contributed by atoms with E-state index in [9.17, 15) is 43.2 Å². The predicted octanol–water partition coefficient (Wildman–Crippen LogP) is 1.97. The maximum Gasteiger partial charge on any atom is 0.512 e. The van der Waals surface area contributed by atoms with Crippen molar-refractivity contribution >= 4 is 20.0 Å². The molecule has 0 saturated carbocycles. The van der Waals surface area contributed by atoms with Crippen LogP contribution in [0.2, 0.25) is 0 Å². The number of alkyl halides is 6. The van der Waals surface area contributed by atoms with Gasteiger partial charge in [-0.2, -0.15) is 26.3 Å². The highest BCUT2D eigenvalue weighted by Gasteiger charge is 2.68. The van der Waals surface area contributed by atoms with Crippen LogP contribution in [0.4, 0.5) is 26.3 Å². The molecule has 24 heavy (non-hydrogen) atoms. The normalized spacial score (nSPS) is 17.3. The topological polar surface area (TPSA) is 115 Å². The van der Waals surface area contributed by atoms with Crippen LogP contribution < -0.4 is 0 Å². The smallest absolute Gasteiger partial charge is 0.288 e. The van der Waals surface area contributed by atoms with Crippen LogP contribution in [-0.4, -0.2) is 52.9 Å². The predicted molar refractivity (Wildman–Crippen MR) is 65.1 cm³/mol. The molecule has 0 rings (SSSR count).